The zero-order valence-corrected chi connectivity index (χ0v) is 21.9. The van der Waals surface area contributed by atoms with Crippen LogP contribution in [-0.4, -0.2) is 0 Å². The Morgan fingerprint density at radius 2 is 1.53 bits per heavy atom. The molecule has 0 saturated heterocycles. The number of unbranched alkanes of at least 4 members (excludes halogenated alkanes) is 1. The summed E-state index contributed by atoms with van der Waals surface area (Å²) in [5.74, 6) is -0.671. The molecule has 0 heterocycles. The molecule has 2 aromatic carbocycles. The first-order valence-electron chi connectivity index (χ1n) is 14.1. The van der Waals surface area contributed by atoms with E-state index in [2.05, 4.69) is 26.0 Å². The highest BCUT2D eigenvalue weighted by molar-refractivity contribution is 5.65. The van der Waals surface area contributed by atoms with E-state index in [0.717, 1.165) is 70.6 Å². The van der Waals surface area contributed by atoms with E-state index in [-0.39, 0.29) is 17.7 Å². The van der Waals surface area contributed by atoms with Gasteiger partial charge in [-0.05, 0) is 91.9 Å². The molecule has 3 heteroatoms. The molecule has 36 heavy (non-hydrogen) atoms. The molecule has 0 spiro atoms. The number of hydrogen-bond acceptors (Lipinski definition) is 0. The summed E-state index contributed by atoms with van der Waals surface area (Å²) in [6.45, 7) is 4.30. The lowest BCUT2D eigenvalue weighted by atomic mass is 9.77. The minimum absolute atomic E-state index is 0.0323. The fourth-order valence-electron chi connectivity index (χ4n) is 6.00. The van der Waals surface area contributed by atoms with Crippen molar-refractivity contribution in [1.82, 2.24) is 0 Å². The number of benzene rings is 2. The highest BCUT2D eigenvalue weighted by atomic mass is 19.2. The first-order valence-corrected chi connectivity index (χ1v) is 14.1. The molecule has 0 radical (unpaired) electrons. The maximum atomic E-state index is 15.1. The average Bonchev–Trinajstić information content (AvgIpc) is 2.90. The van der Waals surface area contributed by atoms with Crippen LogP contribution in [-0.2, 0) is 6.42 Å². The average molecular weight is 495 g/mol. The van der Waals surface area contributed by atoms with Crippen LogP contribution in [0.4, 0.5) is 13.2 Å². The van der Waals surface area contributed by atoms with E-state index in [0.29, 0.717) is 28.5 Å². The lowest BCUT2D eigenvalue weighted by molar-refractivity contribution is 0.359. The summed E-state index contributed by atoms with van der Waals surface area (Å²) in [7, 11) is 0. The van der Waals surface area contributed by atoms with Crippen LogP contribution in [0, 0.1) is 29.4 Å². The van der Waals surface area contributed by atoms with E-state index in [1.54, 1.807) is 12.1 Å². The first kappa shape index (κ1) is 26.8. The van der Waals surface area contributed by atoms with Crippen molar-refractivity contribution in [1.29, 1.82) is 0 Å². The molecule has 0 N–H and O–H groups in total. The van der Waals surface area contributed by atoms with E-state index in [4.69, 9.17) is 0 Å². The molecule has 2 aromatic rings. The zero-order chi connectivity index (χ0) is 25.5. The van der Waals surface area contributed by atoms with Crippen LogP contribution in [0.5, 0.6) is 0 Å². The van der Waals surface area contributed by atoms with E-state index in [1.807, 2.05) is 30.3 Å². The second kappa shape index (κ2) is 12.8. The molecule has 2 aliphatic rings. The smallest absolute Gasteiger partial charge is 0.166 e. The molecule has 0 aliphatic heterocycles. The van der Waals surface area contributed by atoms with Crippen molar-refractivity contribution < 1.29 is 13.2 Å². The monoisotopic (exact) mass is 494 g/mol. The molecule has 0 aromatic heterocycles. The number of hydrogen-bond donors (Lipinski definition) is 0. The second-order valence-electron chi connectivity index (χ2n) is 10.9. The molecule has 194 valence electrons. The van der Waals surface area contributed by atoms with Gasteiger partial charge in [0.1, 0.15) is 5.83 Å². The summed E-state index contributed by atoms with van der Waals surface area (Å²) in [5, 5.41) is 0. The van der Waals surface area contributed by atoms with Gasteiger partial charge in [0.05, 0.1) is 0 Å². The second-order valence-corrected chi connectivity index (χ2v) is 10.9. The third-order valence-electron chi connectivity index (χ3n) is 8.27. The topological polar surface area (TPSA) is 0 Å². The maximum absolute atomic E-state index is 15.1. The SMILES string of the molecule is CCCCC1C=C(F)C(/C=C/C2CCC(c3ccc(-c4ccc(CCC)cc4)c(F)c3F)CC2)CC1. The van der Waals surface area contributed by atoms with E-state index in [1.165, 1.54) is 5.56 Å². The van der Waals surface area contributed by atoms with Crippen LogP contribution < -0.4 is 0 Å². The molecular formula is C33H41F3. The number of rotatable bonds is 9. The standard InChI is InChI=1S/C33H41F3/c1-3-5-7-25-13-19-28(31(34)22-25)18-12-24-10-16-27(17-11-24)30-21-20-29(32(35)33(30)36)26-14-8-23(6-4-2)9-15-26/h8-9,12,14-15,18,20-22,24-25,27-28H,3-7,10-11,13,16-17,19H2,1-2H3/b18-12+. The van der Waals surface area contributed by atoms with E-state index >= 15 is 8.78 Å². The molecule has 4 rings (SSSR count). The third kappa shape index (κ3) is 6.52. The molecule has 0 amide bonds. The van der Waals surface area contributed by atoms with Crippen LogP contribution in [0.15, 0.2) is 60.5 Å². The Morgan fingerprint density at radius 1 is 0.778 bits per heavy atom. The Labute approximate surface area is 215 Å². The quantitative estimate of drug-likeness (QED) is 0.304. The molecule has 0 bridgehead atoms. The largest absolute Gasteiger partial charge is 0.212 e. The number of halogens is 3. The molecule has 0 nitrogen and oxygen atoms in total. The summed E-state index contributed by atoms with van der Waals surface area (Å²) in [4.78, 5) is 0. The van der Waals surface area contributed by atoms with Crippen LogP contribution in [0.2, 0.25) is 0 Å². The van der Waals surface area contributed by atoms with E-state index in [9.17, 15) is 4.39 Å². The molecule has 2 unspecified atom stereocenters. The van der Waals surface area contributed by atoms with Crippen LogP contribution in [0.3, 0.4) is 0 Å². The summed E-state index contributed by atoms with van der Waals surface area (Å²) < 4.78 is 44.8. The van der Waals surface area contributed by atoms with Crippen molar-refractivity contribution in [3.05, 3.63) is 83.2 Å². The Morgan fingerprint density at radius 3 is 2.19 bits per heavy atom. The minimum atomic E-state index is -0.741. The Hall–Kier alpha value is -2.29. The Balaban J connectivity index is 1.34. The number of allylic oxidation sites excluding steroid dienone is 4. The van der Waals surface area contributed by atoms with Crippen molar-refractivity contribution in [2.24, 2.45) is 17.8 Å². The molecule has 1 saturated carbocycles. The van der Waals surface area contributed by atoms with Gasteiger partial charge in [-0.2, -0.15) is 0 Å². The molecule has 2 atom stereocenters. The highest BCUT2D eigenvalue weighted by Crippen LogP contribution is 2.40. The van der Waals surface area contributed by atoms with Gasteiger partial charge < -0.3 is 0 Å². The number of aryl methyl sites for hydroxylation is 1. The van der Waals surface area contributed by atoms with Crippen LogP contribution in [0.1, 0.15) is 95.1 Å². The van der Waals surface area contributed by atoms with Gasteiger partial charge in [-0.1, -0.05) is 81.7 Å². The highest BCUT2D eigenvalue weighted by Gasteiger charge is 2.27. The Kier molecular flexibility index (Phi) is 9.51. The predicted octanol–water partition coefficient (Wildman–Crippen LogP) is 10.5. The van der Waals surface area contributed by atoms with Crippen LogP contribution >= 0.6 is 0 Å². The zero-order valence-electron chi connectivity index (χ0n) is 21.9. The summed E-state index contributed by atoms with van der Waals surface area (Å²) in [6.07, 6.45) is 17.0. The van der Waals surface area contributed by atoms with Crippen molar-refractivity contribution in [2.45, 2.75) is 90.4 Å². The van der Waals surface area contributed by atoms with Crippen molar-refractivity contribution in [3.63, 3.8) is 0 Å². The van der Waals surface area contributed by atoms with Gasteiger partial charge in [0.15, 0.2) is 11.6 Å². The molecular weight excluding hydrogens is 453 g/mol. The van der Waals surface area contributed by atoms with Crippen LogP contribution in [0.25, 0.3) is 11.1 Å². The van der Waals surface area contributed by atoms with Gasteiger partial charge in [-0.25, -0.2) is 13.2 Å². The van der Waals surface area contributed by atoms with Gasteiger partial charge >= 0.3 is 0 Å². The van der Waals surface area contributed by atoms with Gasteiger partial charge in [-0.15, -0.1) is 0 Å². The normalized spacial score (nSPS) is 24.8. The summed E-state index contributed by atoms with van der Waals surface area (Å²) in [6, 6.07) is 11.3. The maximum Gasteiger partial charge on any atom is 0.166 e. The van der Waals surface area contributed by atoms with Gasteiger partial charge in [0.25, 0.3) is 0 Å². The molecule has 2 aliphatic carbocycles. The predicted molar refractivity (Wildman–Crippen MR) is 145 cm³/mol. The fraction of sp³-hybridized carbons (Fsp3) is 0.515. The minimum Gasteiger partial charge on any atom is -0.212 e. The van der Waals surface area contributed by atoms with Gasteiger partial charge in [0, 0.05) is 11.5 Å². The summed E-state index contributed by atoms with van der Waals surface area (Å²) >= 11 is 0. The van der Waals surface area contributed by atoms with Gasteiger partial charge in [-0.3, -0.25) is 0 Å². The third-order valence-corrected chi connectivity index (χ3v) is 8.27. The van der Waals surface area contributed by atoms with Crippen molar-refractivity contribution in [2.75, 3.05) is 0 Å². The van der Waals surface area contributed by atoms with Crippen molar-refractivity contribution in [3.8, 4) is 11.1 Å². The lowest BCUT2D eigenvalue weighted by Gasteiger charge is -2.28. The molecule has 1 fully saturated rings. The van der Waals surface area contributed by atoms with Crippen molar-refractivity contribution >= 4 is 0 Å². The first-order chi connectivity index (χ1) is 17.5. The van der Waals surface area contributed by atoms with Gasteiger partial charge in [0.2, 0.25) is 0 Å². The fourth-order valence-corrected chi connectivity index (χ4v) is 6.00. The lowest BCUT2D eigenvalue weighted by Crippen LogP contribution is -2.15. The Bertz CT molecular complexity index is 1040. The van der Waals surface area contributed by atoms with E-state index < -0.39 is 11.6 Å². The summed E-state index contributed by atoms with van der Waals surface area (Å²) in [5.41, 5.74) is 2.76.